The Morgan fingerprint density at radius 3 is 2.79 bits per heavy atom. The highest BCUT2D eigenvalue weighted by Gasteiger charge is 2.25. The van der Waals surface area contributed by atoms with Gasteiger partial charge in [-0.25, -0.2) is 4.98 Å². The predicted molar refractivity (Wildman–Crippen MR) is 131 cm³/mol. The number of hydrogen-bond acceptors (Lipinski definition) is 5. The summed E-state index contributed by atoms with van der Waals surface area (Å²) in [5, 5.41) is 10.2. The first-order valence-electron chi connectivity index (χ1n) is 11.1. The number of thioether (sulfide) groups is 1. The van der Waals surface area contributed by atoms with Gasteiger partial charge < -0.3 is 9.47 Å². The topological polar surface area (TPSA) is 68.8 Å². The molecule has 0 N–H and O–H groups in total. The second-order valence-electron chi connectivity index (χ2n) is 8.27. The number of para-hydroxylation sites is 3. The van der Waals surface area contributed by atoms with E-state index < -0.39 is 0 Å². The van der Waals surface area contributed by atoms with E-state index in [4.69, 9.17) is 11.6 Å². The van der Waals surface area contributed by atoms with Crippen molar-refractivity contribution < 1.29 is 4.79 Å². The van der Waals surface area contributed by atoms with Crippen LogP contribution in [0.4, 0.5) is 0 Å². The molecule has 1 amide bonds. The number of hydrogen-bond donors (Lipinski definition) is 0. The van der Waals surface area contributed by atoms with Gasteiger partial charge in [0, 0.05) is 12.6 Å². The molecule has 1 atom stereocenters. The van der Waals surface area contributed by atoms with Crippen molar-refractivity contribution in [3.05, 3.63) is 65.7 Å². The molecule has 9 heteroatoms. The lowest BCUT2D eigenvalue weighted by Crippen LogP contribution is -2.43. The number of nitrogens with zero attached hydrogens (tertiary/aromatic N) is 6. The summed E-state index contributed by atoms with van der Waals surface area (Å²) in [5.74, 6) is 1.19. The van der Waals surface area contributed by atoms with Gasteiger partial charge in [-0.1, -0.05) is 47.6 Å². The third-order valence-electron chi connectivity index (χ3n) is 6.08. The fourth-order valence-electron chi connectivity index (χ4n) is 4.34. The summed E-state index contributed by atoms with van der Waals surface area (Å²) in [5.41, 5.74) is 2.75. The minimum Gasteiger partial charge on any atom is -0.339 e. The summed E-state index contributed by atoms with van der Waals surface area (Å²) in [6.07, 6.45) is 5.13. The standard InChI is InChI=1S/C24H25ClN6OS/c1-17-8-6-7-13-30(17)23(32)15-33-24-28-27-22(31(24)20-11-4-2-9-18(20)25)14-29-16-26-19-10-3-5-12-21(19)29/h2-5,9-12,16-17H,6-8,13-15H2,1H3/t17-/m1/s1. The summed E-state index contributed by atoms with van der Waals surface area (Å²) in [7, 11) is 0. The fourth-order valence-corrected chi connectivity index (χ4v) is 5.41. The van der Waals surface area contributed by atoms with Gasteiger partial charge in [0.1, 0.15) is 0 Å². The lowest BCUT2D eigenvalue weighted by molar-refractivity contribution is -0.131. The van der Waals surface area contributed by atoms with Crippen LogP contribution in [-0.4, -0.2) is 53.5 Å². The zero-order chi connectivity index (χ0) is 22.8. The van der Waals surface area contributed by atoms with E-state index >= 15 is 0 Å². The van der Waals surface area contributed by atoms with E-state index in [0.29, 0.717) is 28.5 Å². The molecule has 5 rings (SSSR count). The third kappa shape index (κ3) is 4.50. The maximum Gasteiger partial charge on any atom is 0.233 e. The number of aromatic nitrogens is 5. The molecule has 1 aliphatic heterocycles. The van der Waals surface area contributed by atoms with Gasteiger partial charge in [-0.15, -0.1) is 10.2 Å². The maximum atomic E-state index is 12.9. The highest BCUT2D eigenvalue weighted by Crippen LogP contribution is 2.28. The molecule has 2 aromatic heterocycles. The molecule has 170 valence electrons. The first kappa shape index (κ1) is 22.0. The summed E-state index contributed by atoms with van der Waals surface area (Å²) < 4.78 is 4.00. The molecule has 1 aliphatic rings. The predicted octanol–water partition coefficient (Wildman–Crippen LogP) is 4.81. The monoisotopic (exact) mass is 480 g/mol. The first-order valence-corrected chi connectivity index (χ1v) is 12.5. The molecule has 4 aromatic rings. The molecule has 0 unspecified atom stereocenters. The van der Waals surface area contributed by atoms with Crippen LogP contribution in [0.25, 0.3) is 16.7 Å². The highest BCUT2D eigenvalue weighted by atomic mass is 35.5. The molecule has 0 radical (unpaired) electrons. The molecule has 33 heavy (non-hydrogen) atoms. The summed E-state index contributed by atoms with van der Waals surface area (Å²) in [6, 6.07) is 15.9. The Bertz CT molecular complexity index is 1280. The van der Waals surface area contributed by atoms with Crippen molar-refractivity contribution in [3.8, 4) is 5.69 Å². The zero-order valence-corrected chi connectivity index (χ0v) is 20.0. The Labute approximate surface area is 201 Å². The van der Waals surface area contributed by atoms with Crippen LogP contribution in [0.15, 0.2) is 60.0 Å². The minimum absolute atomic E-state index is 0.142. The van der Waals surface area contributed by atoms with Crippen LogP contribution in [0.3, 0.4) is 0 Å². The van der Waals surface area contributed by atoms with Gasteiger partial charge in [-0.2, -0.15) is 0 Å². The maximum absolute atomic E-state index is 12.9. The van der Waals surface area contributed by atoms with Gasteiger partial charge in [0.15, 0.2) is 11.0 Å². The molecule has 3 heterocycles. The number of rotatable bonds is 6. The number of amides is 1. The second-order valence-corrected chi connectivity index (χ2v) is 9.62. The van der Waals surface area contributed by atoms with Crippen LogP contribution in [0.5, 0.6) is 0 Å². The molecular formula is C24H25ClN6OS. The molecule has 7 nitrogen and oxygen atoms in total. The number of likely N-dealkylation sites (tertiary alicyclic amines) is 1. The molecule has 0 spiro atoms. The van der Waals surface area contributed by atoms with Crippen LogP contribution in [0, 0.1) is 0 Å². The van der Waals surface area contributed by atoms with Crippen LogP contribution >= 0.6 is 23.4 Å². The lowest BCUT2D eigenvalue weighted by atomic mass is 10.0. The van der Waals surface area contributed by atoms with E-state index in [9.17, 15) is 4.79 Å². The van der Waals surface area contributed by atoms with Gasteiger partial charge in [0.25, 0.3) is 0 Å². The van der Waals surface area contributed by atoms with Crippen molar-refractivity contribution in [2.45, 2.75) is 43.9 Å². The largest absolute Gasteiger partial charge is 0.339 e. The van der Waals surface area contributed by atoms with Crippen molar-refractivity contribution in [1.82, 2.24) is 29.2 Å². The molecule has 0 bridgehead atoms. The zero-order valence-electron chi connectivity index (χ0n) is 18.4. The number of piperidine rings is 1. The van der Waals surface area contributed by atoms with E-state index in [2.05, 4.69) is 22.1 Å². The average molecular weight is 481 g/mol. The van der Waals surface area contributed by atoms with Gasteiger partial charge >= 0.3 is 0 Å². The Balaban J connectivity index is 1.45. The molecule has 1 saturated heterocycles. The van der Waals surface area contributed by atoms with E-state index in [1.54, 1.807) is 0 Å². The van der Waals surface area contributed by atoms with Crippen LogP contribution in [0.2, 0.25) is 5.02 Å². The van der Waals surface area contributed by atoms with Gasteiger partial charge in [0.05, 0.1) is 40.4 Å². The van der Waals surface area contributed by atoms with E-state index in [0.717, 1.165) is 41.9 Å². The third-order valence-corrected chi connectivity index (χ3v) is 7.31. The van der Waals surface area contributed by atoms with Gasteiger partial charge in [-0.3, -0.25) is 9.36 Å². The van der Waals surface area contributed by atoms with E-state index in [1.807, 2.05) is 68.9 Å². The molecule has 0 aliphatic carbocycles. The van der Waals surface area contributed by atoms with Crippen molar-refractivity contribution in [3.63, 3.8) is 0 Å². The van der Waals surface area contributed by atoms with Crippen LogP contribution in [-0.2, 0) is 11.3 Å². The van der Waals surface area contributed by atoms with Gasteiger partial charge in [-0.05, 0) is 50.5 Å². The number of imidazole rings is 1. The van der Waals surface area contributed by atoms with Crippen molar-refractivity contribution in [1.29, 1.82) is 0 Å². The lowest BCUT2D eigenvalue weighted by Gasteiger charge is -2.33. The normalized spacial score (nSPS) is 16.4. The Kier molecular flexibility index (Phi) is 6.37. The highest BCUT2D eigenvalue weighted by molar-refractivity contribution is 7.99. The average Bonchev–Trinajstić information content (AvgIpc) is 3.42. The Morgan fingerprint density at radius 2 is 1.94 bits per heavy atom. The van der Waals surface area contributed by atoms with Crippen LogP contribution < -0.4 is 0 Å². The fraction of sp³-hybridized carbons (Fsp3) is 0.333. The van der Waals surface area contributed by atoms with Crippen molar-refractivity contribution in [2.75, 3.05) is 12.3 Å². The number of carbonyl (C=O) groups is 1. The Hall–Kier alpha value is -2.84. The van der Waals surface area contributed by atoms with Crippen LogP contribution in [0.1, 0.15) is 32.0 Å². The Morgan fingerprint density at radius 1 is 1.12 bits per heavy atom. The smallest absolute Gasteiger partial charge is 0.233 e. The minimum atomic E-state index is 0.142. The summed E-state index contributed by atoms with van der Waals surface area (Å²) in [6.45, 7) is 3.44. The van der Waals surface area contributed by atoms with Gasteiger partial charge in [0.2, 0.25) is 5.91 Å². The second kappa shape index (κ2) is 9.57. The van der Waals surface area contributed by atoms with Crippen molar-refractivity contribution in [2.24, 2.45) is 0 Å². The first-order chi connectivity index (χ1) is 16.1. The number of halogens is 1. The summed E-state index contributed by atoms with van der Waals surface area (Å²) in [4.78, 5) is 19.4. The van der Waals surface area contributed by atoms with E-state index in [1.165, 1.54) is 18.2 Å². The molecule has 0 saturated carbocycles. The van der Waals surface area contributed by atoms with E-state index in [-0.39, 0.29) is 5.91 Å². The molecule has 1 fully saturated rings. The SMILES string of the molecule is C[C@@H]1CCCCN1C(=O)CSc1nnc(Cn2cnc3ccccc32)n1-c1ccccc1Cl. The quantitative estimate of drug-likeness (QED) is 0.370. The number of carbonyl (C=O) groups excluding carboxylic acids is 1. The number of benzene rings is 2. The van der Waals surface area contributed by atoms with Crippen molar-refractivity contribution >= 4 is 40.3 Å². The summed E-state index contributed by atoms with van der Waals surface area (Å²) >= 11 is 7.97. The molecular weight excluding hydrogens is 456 g/mol. The number of fused-ring (bicyclic) bond motifs is 1. The molecule has 2 aromatic carbocycles.